The van der Waals surface area contributed by atoms with Gasteiger partial charge in [0, 0.05) is 21.1 Å². The van der Waals surface area contributed by atoms with Crippen molar-refractivity contribution in [3.63, 3.8) is 0 Å². The smallest absolute Gasteiger partial charge is 0.130 e. The Labute approximate surface area is 125 Å². The van der Waals surface area contributed by atoms with Crippen LogP contribution in [0.2, 0.25) is 5.02 Å². The molecule has 2 rings (SSSR count). The minimum atomic E-state index is -0.601. The van der Waals surface area contributed by atoms with E-state index in [1.807, 2.05) is 6.07 Å². The van der Waals surface area contributed by atoms with Crippen molar-refractivity contribution in [1.82, 2.24) is 0 Å². The van der Waals surface area contributed by atoms with Crippen molar-refractivity contribution in [2.45, 2.75) is 4.83 Å². The first kappa shape index (κ1) is 14.0. The van der Waals surface area contributed by atoms with Crippen molar-refractivity contribution in [3.05, 3.63) is 68.7 Å². The van der Waals surface area contributed by atoms with Crippen LogP contribution < -0.4 is 0 Å². The molecule has 0 saturated carbocycles. The zero-order valence-corrected chi connectivity index (χ0v) is 12.9. The van der Waals surface area contributed by atoms with E-state index in [1.54, 1.807) is 12.1 Å². The van der Waals surface area contributed by atoms with Crippen LogP contribution in [0.15, 0.2) is 40.9 Å². The van der Waals surface area contributed by atoms with E-state index in [2.05, 4.69) is 31.9 Å². The van der Waals surface area contributed by atoms with Gasteiger partial charge in [0.1, 0.15) is 11.6 Å². The Morgan fingerprint density at radius 3 is 2.28 bits per heavy atom. The second kappa shape index (κ2) is 5.68. The number of alkyl halides is 1. The van der Waals surface area contributed by atoms with Crippen LogP contribution in [0.4, 0.5) is 8.78 Å². The van der Waals surface area contributed by atoms with E-state index in [-0.39, 0.29) is 0 Å². The summed E-state index contributed by atoms with van der Waals surface area (Å²) in [7, 11) is 0. The fraction of sp³-hybridized carbons (Fsp3) is 0.0769. The normalized spacial score (nSPS) is 12.5. The Hall–Kier alpha value is -0.450. The molecule has 2 aromatic carbocycles. The van der Waals surface area contributed by atoms with Crippen LogP contribution in [0.3, 0.4) is 0 Å². The van der Waals surface area contributed by atoms with Gasteiger partial charge in [-0.25, -0.2) is 8.78 Å². The van der Waals surface area contributed by atoms with Gasteiger partial charge in [-0.15, -0.1) is 0 Å². The van der Waals surface area contributed by atoms with Crippen molar-refractivity contribution >= 4 is 43.5 Å². The molecule has 0 radical (unpaired) electrons. The monoisotopic (exact) mass is 394 g/mol. The van der Waals surface area contributed by atoms with Crippen molar-refractivity contribution in [2.24, 2.45) is 0 Å². The second-order valence-electron chi connectivity index (χ2n) is 3.69. The molecule has 0 nitrogen and oxygen atoms in total. The predicted molar refractivity (Wildman–Crippen MR) is 76.3 cm³/mol. The average Bonchev–Trinajstić information content (AvgIpc) is 2.28. The fourth-order valence-electron chi connectivity index (χ4n) is 1.58. The number of halogens is 5. The fourth-order valence-corrected chi connectivity index (χ4v) is 3.27. The highest BCUT2D eigenvalue weighted by Crippen LogP contribution is 2.37. The van der Waals surface area contributed by atoms with E-state index in [9.17, 15) is 8.78 Å². The third kappa shape index (κ3) is 2.92. The maximum Gasteiger partial charge on any atom is 0.130 e. The Balaban J connectivity index is 2.44. The Morgan fingerprint density at radius 2 is 1.67 bits per heavy atom. The molecule has 0 aromatic heterocycles. The van der Waals surface area contributed by atoms with Crippen LogP contribution >= 0.6 is 43.5 Å². The van der Waals surface area contributed by atoms with Crippen molar-refractivity contribution in [3.8, 4) is 0 Å². The first-order valence-electron chi connectivity index (χ1n) is 5.03. The topological polar surface area (TPSA) is 0 Å². The third-order valence-corrected chi connectivity index (χ3v) is 4.28. The number of rotatable bonds is 2. The Morgan fingerprint density at radius 1 is 1.00 bits per heavy atom. The summed E-state index contributed by atoms with van der Waals surface area (Å²) in [5, 5.41) is 0.509. The van der Waals surface area contributed by atoms with E-state index in [0.29, 0.717) is 10.6 Å². The minimum Gasteiger partial charge on any atom is -0.207 e. The standard InChI is InChI=1S/C13H7Br2ClF2/c14-7-1-3-9(11(16)5-7)13(15)10-4-2-8(17)6-12(10)18/h1-6,13H. The quantitative estimate of drug-likeness (QED) is 0.558. The number of benzene rings is 2. The van der Waals surface area contributed by atoms with Crippen LogP contribution in [0.1, 0.15) is 16.0 Å². The van der Waals surface area contributed by atoms with E-state index >= 15 is 0 Å². The molecule has 1 unspecified atom stereocenters. The van der Waals surface area contributed by atoms with Crippen LogP contribution in [-0.2, 0) is 0 Å². The summed E-state index contributed by atoms with van der Waals surface area (Å²) in [6, 6.07) is 8.82. The maximum atomic E-state index is 13.7. The number of hydrogen-bond donors (Lipinski definition) is 0. The van der Waals surface area contributed by atoms with Gasteiger partial charge >= 0.3 is 0 Å². The van der Waals surface area contributed by atoms with Gasteiger partial charge in [-0.3, -0.25) is 0 Å². The lowest BCUT2D eigenvalue weighted by atomic mass is 10.0. The molecule has 0 aliphatic rings. The maximum absolute atomic E-state index is 13.7. The summed E-state index contributed by atoms with van der Waals surface area (Å²) in [6.07, 6.45) is 0. The van der Waals surface area contributed by atoms with Crippen molar-refractivity contribution in [1.29, 1.82) is 0 Å². The minimum absolute atomic E-state index is 0.348. The zero-order chi connectivity index (χ0) is 13.3. The molecule has 0 spiro atoms. The van der Waals surface area contributed by atoms with Crippen LogP contribution in [0.25, 0.3) is 0 Å². The predicted octanol–water partition coefficient (Wildman–Crippen LogP) is 5.87. The van der Waals surface area contributed by atoms with E-state index < -0.39 is 16.5 Å². The third-order valence-electron chi connectivity index (χ3n) is 2.47. The summed E-state index contributed by atoms with van der Waals surface area (Å²) < 4.78 is 27.4. The van der Waals surface area contributed by atoms with Crippen LogP contribution in [0, 0.1) is 11.6 Å². The molecule has 0 bridgehead atoms. The SMILES string of the molecule is Fc1ccc(C(Br)c2ccc(Br)cc2Cl)c(F)c1. The van der Waals surface area contributed by atoms with Crippen LogP contribution in [-0.4, -0.2) is 0 Å². The van der Waals surface area contributed by atoms with Gasteiger partial charge in [-0.05, 0) is 23.8 Å². The van der Waals surface area contributed by atoms with Gasteiger partial charge in [0.25, 0.3) is 0 Å². The van der Waals surface area contributed by atoms with E-state index in [1.165, 1.54) is 12.1 Å². The molecule has 0 amide bonds. The molecular weight excluding hydrogens is 389 g/mol. The molecular formula is C13H7Br2ClF2. The summed E-state index contributed by atoms with van der Waals surface area (Å²) in [6.45, 7) is 0. The van der Waals surface area contributed by atoms with E-state index in [0.717, 1.165) is 16.1 Å². The molecule has 0 heterocycles. The van der Waals surface area contributed by atoms with Gasteiger partial charge in [0.2, 0.25) is 0 Å². The molecule has 5 heteroatoms. The molecule has 94 valence electrons. The highest BCUT2D eigenvalue weighted by molar-refractivity contribution is 9.10. The van der Waals surface area contributed by atoms with Gasteiger partial charge in [-0.2, -0.15) is 0 Å². The van der Waals surface area contributed by atoms with Crippen molar-refractivity contribution < 1.29 is 8.78 Å². The molecule has 0 N–H and O–H groups in total. The van der Waals surface area contributed by atoms with E-state index in [4.69, 9.17) is 11.6 Å². The zero-order valence-electron chi connectivity index (χ0n) is 8.93. The Kier molecular flexibility index (Phi) is 4.41. The first-order chi connectivity index (χ1) is 8.49. The summed E-state index contributed by atoms with van der Waals surface area (Å²) in [4.78, 5) is -0.418. The number of hydrogen-bond acceptors (Lipinski definition) is 0. The largest absolute Gasteiger partial charge is 0.207 e. The summed E-state index contributed by atoms with van der Waals surface area (Å²) in [5.74, 6) is -1.20. The first-order valence-corrected chi connectivity index (χ1v) is 7.11. The summed E-state index contributed by atoms with van der Waals surface area (Å²) >= 11 is 12.8. The highest BCUT2D eigenvalue weighted by atomic mass is 79.9. The highest BCUT2D eigenvalue weighted by Gasteiger charge is 2.18. The second-order valence-corrected chi connectivity index (χ2v) is 5.93. The van der Waals surface area contributed by atoms with Gasteiger partial charge in [0.15, 0.2) is 0 Å². The van der Waals surface area contributed by atoms with Crippen molar-refractivity contribution in [2.75, 3.05) is 0 Å². The molecule has 0 aliphatic heterocycles. The molecule has 0 aliphatic carbocycles. The molecule has 2 aromatic rings. The Bertz CT molecular complexity index is 536. The molecule has 0 fully saturated rings. The molecule has 1 atom stereocenters. The molecule has 18 heavy (non-hydrogen) atoms. The molecule has 0 saturated heterocycles. The average molecular weight is 396 g/mol. The lowest BCUT2D eigenvalue weighted by Gasteiger charge is -2.13. The van der Waals surface area contributed by atoms with Gasteiger partial charge in [0.05, 0.1) is 4.83 Å². The van der Waals surface area contributed by atoms with Gasteiger partial charge < -0.3 is 0 Å². The van der Waals surface area contributed by atoms with Crippen LogP contribution in [0.5, 0.6) is 0 Å². The lowest BCUT2D eigenvalue weighted by Crippen LogP contribution is -1.98. The van der Waals surface area contributed by atoms with Gasteiger partial charge in [-0.1, -0.05) is 55.6 Å². The summed E-state index contributed by atoms with van der Waals surface area (Å²) in [5.41, 5.74) is 1.07. The lowest BCUT2D eigenvalue weighted by molar-refractivity contribution is 0.574.